The van der Waals surface area contributed by atoms with Crippen LogP contribution in [0.15, 0.2) is 26.8 Å². The van der Waals surface area contributed by atoms with Crippen LogP contribution in [-0.4, -0.2) is 31.2 Å². The van der Waals surface area contributed by atoms with E-state index in [0.29, 0.717) is 31.0 Å². The first-order chi connectivity index (χ1) is 12.0. The lowest BCUT2D eigenvalue weighted by Gasteiger charge is -2.12. The lowest BCUT2D eigenvalue weighted by molar-refractivity contribution is -0.121. The number of hydrogen-bond acceptors (Lipinski definition) is 5. The van der Waals surface area contributed by atoms with Crippen LogP contribution in [0.25, 0.3) is 0 Å². The third kappa shape index (κ3) is 5.09. The van der Waals surface area contributed by atoms with E-state index in [0.717, 1.165) is 27.1 Å². The Kier molecular flexibility index (Phi) is 7.07. The van der Waals surface area contributed by atoms with E-state index < -0.39 is 0 Å². The number of carbonyl (C=O) groups is 1. The van der Waals surface area contributed by atoms with Gasteiger partial charge in [0.2, 0.25) is 5.91 Å². The van der Waals surface area contributed by atoms with Crippen LogP contribution >= 0.6 is 27.3 Å². The van der Waals surface area contributed by atoms with Crippen molar-refractivity contribution >= 4 is 33.2 Å². The molecule has 1 aromatic carbocycles. The molecule has 0 aliphatic carbocycles. The summed E-state index contributed by atoms with van der Waals surface area (Å²) in [4.78, 5) is 23.6. The van der Waals surface area contributed by atoms with Crippen molar-refractivity contribution < 1.29 is 14.3 Å². The fraction of sp³-hybridized carbons (Fsp3) is 0.412. The number of rotatable bonds is 8. The molecule has 6 nitrogen and oxygen atoms in total. The fourth-order valence-corrected chi connectivity index (χ4v) is 3.68. The Labute approximate surface area is 158 Å². The van der Waals surface area contributed by atoms with Gasteiger partial charge < -0.3 is 19.4 Å². The molecule has 0 atom stereocenters. The molecule has 136 valence electrons. The molecule has 0 fully saturated rings. The van der Waals surface area contributed by atoms with Crippen molar-refractivity contribution in [2.75, 3.05) is 20.8 Å². The maximum Gasteiger partial charge on any atom is 0.307 e. The van der Waals surface area contributed by atoms with E-state index >= 15 is 0 Å². The fourth-order valence-electron chi connectivity index (χ4n) is 2.40. The first-order valence-electron chi connectivity index (χ1n) is 7.78. The number of aromatic nitrogens is 1. The zero-order chi connectivity index (χ0) is 18.4. The molecule has 0 aliphatic rings. The van der Waals surface area contributed by atoms with Gasteiger partial charge in [0.1, 0.15) is 0 Å². The van der Waals surface area contributed by atoms with Crippen molar-refractivity contribution in [2.45, 2.75) is 26.3 Å². The summed E-state index contributed by atoms with van der Waals surface area (Å²) in [7, 11) is 3.18. The smallest absolute Gasteiger partial charge is 0.307 e. The normalized spacial score (nSPS) is 10.6. The third-order valence-corrected chi connectivity index (χ3v) is 5.43. The van der Waals surface area contributed by atoms with Crippen molar-refractivity contribution in [1.29, 1.82) is 0 Å². The van der Waals surface area contributed by atoms with Gasteiger partial charge in [-0.05, 0) is 31.0 Å². The number of benzene rings is 1. The number of nitrogens with one attached hydrogen (secondary N) is 1. The summed E-state index contributed by atoms with van der Waals surface area (Å²) in [6.07, 6.45) is 0.939. The van der Waals surface area contributed by atoms with Crippen LogP contribution in [0.1, 0.15) is 17.7 Å². The van der Waals surface area contributed by atoms with Crippen LogP contribution in [0.5, 0.6) is 11.5 Å². The van der Waals surface area contributed by atoms with Crippen molar-refractivity contribution in [3.05, 3.63) is 42.9 Å². The Bertz CT molecular complexity index is 800. The van der Waals surface area contributed by atoms with Crippen molar-refractivity contribution in [3.63, 3.8) is 0 Å². The lowest BCUT2D eigenvalue weighted by Crippen LogP contribution is -2.28. The van der Waals surface area contributed by atoms with E-state index in [2.05, 4.69) is 21.2 Å². The van der Waals surface area contributed by atoms with Gasteiger partial charge in [-0.2, -0.15) is 0 Å². The molecular formula is C17H21BrN2O4S. The number of nitrogens with zero attached hydrogens (tertiary/aromatic N) is 1. The Balaban J connectivity index is 1.86. The van der Waals surface area contributed by atoms with Gasteiger partial charge in [-0.25, -0.2) is 0 Å². The van der Waals surface area contributed by atoms with Crippen LogP contribution in [0, 0.1) is 6.92 Å². The van der Waals surface area contributed by atoms with Gasteiger partial charge in [-0.3, -0.25) is 9.59 Å². The monoisotopic (exact) mass is 428 g/mol. The molecule has 1 N–H and O–H groups in total. The first kappa shape index (κ1) is 19.5. The minimum Gasteiger partial charge on any atom is -0.493 e. The average molecular weight is 429 g/mol. The Morgan fingerprint density at radius 2 is 1.96 bits per heavy atom. The second kappa shape index (κ2) is 9.05. The van der Waals surface area contributed by atoms with Gasteiger partial charge in [0.15, 0.2) is 11.5 Å². The molecule has 0 saturated heterocycles. The molecule has 0 bridgehead atoms. The van der Waals surface area contributed by atoms with Crippen LogP contribution < -0.4 is 19.7 Å². The standard InChI is InChI=1S/C17H21BrN2O4S/c1-11-10-25-17(22)20(11)7-5-16(21)19-6-4-12-8-14(23-2)15(24-3)9-13(12)18/h8-10H,4-7H2,1-3H3,(H,19,21). The van der Waals surface area contributed by atoms with Gasteiger partial charge in [-0.1, -0.05) is 27.3 Å². The van der Waals surface area contributed by atoms with E-state index in [9.17, 15) is 9.59 Å². The van der Waals surface area contributed by atoms with Crippen molar-refractivity contribution in [1.82, 2.24) is 9.88 Å². The van der Waals surface area contributed by atoms with Gasteiger partial charge in [0.25, 0.3) is 0 Å². The third-order valence-electron chi connectivity index (χ3n) is 3.81. The van der Waals surface area contributed by atoms with E-state index in [-0.39, 0.29) is 17.2 Å². The lowest BCUT2D eigenvalue weighted by atomic mass is 10.1. The molecule has 1 aromatic heterocycles. The highest BCUT2D eigenvalue weighted by atomic mass is 79.9. The molecule has 0 unspecified atom stereocenters. The van der Waals surface area contributed by atoms with Crippen molar-refractivity contribution in [2.24, 2.45) is 0 Å². The molecule has 2 rings (SSSR count). The van der Waals surface area contributed by atoms with Crippen LogP contribution in [0.2, 0.25) is 0 Å². The summed E-state index contributed by atoms with van der Waals surface area (Å²) in [5.74, 6) is 1.23. The van der Waals surface area contributed by atoms with E-state index in [1.54, 1.807) is 24.2 Å². The minimum absolute atomic E-state index is 0.0282. The van der Waals surface area contributed by atoms with Crippen LogP contribution in [-0.2, 0) is 17.8 Å². The second-order valence-electron chi connectivity index (χ2n) is 5.44. The summed E-state index contributed by atoms with van der Waals surface area (Å²) in [6.45, 7) is 2.77. The molecule has 25 heavy (non-hydrogen) atoms. The summed E-state index contributed by atoms with van der Waals surface area (Å²) in [5, 5.41) is 4.68. The highest BCUT2D eigenvalue weighted by Crippen LogP contribution is 2.33. The molecule has 2 aromatic rings. The van der Waals surface area contributed by atoms with Crippen LogP contribution in [0.3, 0.4) is 0 Å². The van der Waals surface area contributed by atoms with Crippen LogP contribution in [0.4, 0.5) is 0 Å². The summed E-state index contributed by atoms with van der Waals surface area (Å²) >= 11 is 4.66. The molecule has 0 aliphatic heterocycles. The quantitative estimate of drug-likeness (QED) is 0.701. The largest absolute Gasteiger partial charge is 0.493 e. The number of ether oxygens (including phenoxy) is 2. The van der Waals surface area contributed by atoms with E-state index in [1.807, 2.05) is 19.1 Å². The Morgan fingerprint density at radius 1 is 1.28 bits per heavy atom. The van der Waals surface area contributed by atoms with E-state index in [4.69, 9.17) is 9.47 Å². The topological polar surface area (TPSA) is 69.6 Å². The molecule has 8 heteroatoms. The zero-order valence-electron chi connectivity index (χ0n) is 14.4. The number of hydrogen-bond donors (Lipinski definition) is 1. The minimum atomic E-state index is -0.0749. The molecule has 0 saturated carbocycles. The van der Waals surface area contributed by atoms with Gasteiger partial charge >= 0.3 is 4.87 Å². The van der Waals surface area contributed by atoms with Crippen molar-refractivity contribution in [3.8, 4) is 11.5 Å². The number of carbonyl (C=O) groups excluding carboxylic acids is 1. The maximum atomic E-state index is 12.0. The number of aryl methyl sites for hydroxylation is 1. The summed E-state index contributed by atoms with van der Waals surface area (Å²) in [5.41, 5.74) is 1.90. The number of thiazole rings is 1. The zero-order valence-corrected chi connectivity index (χ0v) is 16.8. The number of halogens is 1. The molecule has 0 radical (unpaired) electrons. The van der Waals surface area contributed by atoms with E-state index in [1.165, 1.54) is 0 Å². The van der Waals surface area contributed by atoms with Gasteiger partial charge in [0.05, 0.1) is 14.2 Å². The average Bonchev–Trinajstić information content (AvgIpc) is 2.92. The number of amides is 1. The van der Waals surface area contributed by atoms with Gasteiger partial charge in [0, 0.05) is 35.1 Å². The SMILES string of the molecule is COc1cc(Br)c(CCNC(=O)CCn2c(C)csc2=O)cc1OC. The first-order valence-corrected chi connectivity index (χ1v) is 9.45. The maximum absolute atomic E-state index is 12.0. The molecule has 1 amide bonds. The second-order valence-corrected chi connectivity index (χ2v) is 7.12. The molecule has 0 spiro atoms. The Morgan fingerprint density at radius 3 is 2.56 bits per heavy atom. The predicted octanol–water partition coefficient (Wildman–Crippen LogP) is 2.75. The highest BCUT2D eigenvalue weighted by molar-refractivity contribution is 9.10. The summed E-state index contributed by atoms with van der Waals surface area (Å²) in [6, 6.07) is 3.74. The molecular weight excluding hydrogens is 408 g/mol. The predicted molar refractivity (Wildman–Crippen MR) is 102 cm³/mol. The Hall–Kier alpha value is -1.80. The molecule has 1 heterocycles. The number of methoxy groups -OCH3 is 2. The highest BCUT2D eigenvalue weighted by Gasteiger charge is 2.10. The summed E-state index contributed by atoms with van der Waals surface area (Å²) < 4.78 is 13.1. The van der Waals surface area contributed by atoms with Gasteiger partial charge in [-0.15, -0.1) is 0 Å².